The Bertz CT molecular complexity index is 319. The molecule has 1 atom stereocenters. The van der Waals surface area contributed by atoms with Crippen molar-refractivity contribution in [2.45, 2.75) is 32.2 Å². The third kappa shape index (κ3) is 2.15. The lowest BCUT2D eigenvalue weighted by Gasteiger charge is -2.28. The highest BCUT2D eigenvalue weighted by molar-refractivity contribution is 5.60. The second-order valence-corrected chi connectivity index (χ2v) is 4.24. The Morgan fingerprint density at radius 3 is 3.07 bits per heavy atom. The Morgan fingerprint density at radius 1 is 1.47 bits per heavy atom. The van der Waals surface area contributed by atoms with Crippen LogP contribution in [0.5, 0.6) is 0 Å². The SMILES string of the molecule is CCc1cccc2c1NC(CNC)CC2. The smallest absolute Gasteiger partial charge is 0.0407 e. The van der Waals surface area contributed by atoms with Gasteiger partial charge in [-0.25, -0.2) is 0 Å². The second kappa shape index (κ2) is 4.67. The molecule has 1 aromatic rings. The molecule has 0 radical (unpaired) electrons. The van der Waals surface area contributed by atoms with E-state index < -0.39 is 0 Å². The third-order valence-corrected chi connectivity index (χ3v) is 3.18. The van der Waals surface area contributed by atoms with Crippen molar-refractivity contribution in [3.8, 4) is 0 Å². The molecule has 15 heavy (non-hydrogen) atoms. The van der Waals surface area contributed by atoms with Crippen LogP contribution in [0.1, 0.15) is 24.5 Å². The fourth-order valence-electron chi connectivity index (χ4n) is 2.35. The number of aryl methyl sites for hydroxylation is 2. The molecule has 0 amide bonds. The van der Waals surface area contributed by atoms with Gasteiger partial charge in [-0.1, -0.05) is 25.1 Å². The van der Waals surface area contributed by atoms with Crippen LogP contribution in [0.25, 0.3) is 0 Å². The molecule has 0 bridgehead atoms. The Morgan fingerprint density at radius 2 is 2.33 bits per heavy atom. The maximum atomic E-state index is 3.65. The van der Waals surface area contributed by atoms with Gasteiger partial charge in [0.15, 0.2) is 0 Å². The number of fused-ring (bicyclic) bond motifs is 1. The Labute approximate surface area is 92.1 Å². The molecule has 1 aromatic carbocycles. The Kier molecular flexibility index (Phi) is 3.27. The molecule has 0 spiro atoms. The lowest BCUT2D eigenvalue weighted by Crippen LogP contribution is -2.34. The minimum absolute atomic E-state index is 0.593. The van der Waals surface area contributed by atoms with Gasteiger partial charge < -0.3 is 10.6 Å². The third-order valence-electron chi connectivity index (χ3n) is 3.18. The monoisotopic (exact) mass is 204 g/mol. The van der Waals surface area contributed by atoms with Crippen molar-refractivity contribution in [1.29, 1.82) is 0 Å². The summed E-state index contributed by atoms with van der Waals surface area (Å²) < 4.78 is 0. The van der Waals surface area contributed by atoms with Crippen LogP contribution in [0.15, 0.2) is 18.2 Å². The molecule has 0 aliphatic carbocycles. The Balaban J connectivity index is 2.22. The van der Waals surface area contributed by atoms with E-state index in [0.29, 0.717) is 6.04 Å². The van der Waals surface area contributed by atoms with Crippen LogP contribution in [0.2, 0.25) is 0 Å². The van der Waals surface area contributed by atoms with Crippen LogP contribution < -0.4 is 10.6 Å². The molecular weight excluding hydrogens is 184 g/mol. The van der Waals surface area contributed by atoms with Gasteiger partial charge in [0, 0.05) is 18.3 Å². The molecule has 2 rings (SSSR count). The van der Waals surface area contributed by atoms with Gasteiger partial charge in [-0.05, 0) is 37.4 Å². The van der Waals surface area contributed by atoms with Gasteiger partial charge in [0.2, 0.25) is 0 Å². The summed E-state index contributed by atoms with van der Waals surface area (Å²) >= 11 is 0. The quantitative estimate of drug-likeness (QED) is 0.788. The lowest BCUT2D eigenvalue weighted by atomic mass is 9.94. The maximum absolute atomic E-state index is 3.65. The Hall–Kier alpha value is -1.02. The van der Waals surface area contributed by atoms with Crippen molar-refractivity contribution in [2.24, 2.45) is 0 Å². The summed E-state index contributed by atoms with van der Waals surface area (Å²) in [4.78, 5) is 0. The van der Waals surface area contributed by atoms with Crippen LogP contribution in [0.4, 0.5) is 5.69 Å². The summed E-state index contributed by atoms with van der Waals surface area (Å²) in [5.41, 5.74) is 4.33. The molecule has 0 saturated heterocycles. The molecule has 82 valence electrons. The number of nitrogens with one attached hydrogen (secondary N) is 2. The van der Waals surface area contributed by atoms with E-state index in [-0.39, 0.29) is 0 Å². The van der Waals surface area contributed by atoms with Gasteiger partial charge in [-0.3, -0.25) is 0 Å². The number of benzene rings is 1. The summed E-state index contributed by atoms with van der Waals surface area (Å²) in [5, 5.41) is 6.90. The number of rotatable bonds is 3. The van der Waals surface area contributed by atoms with Crippen LogP contribution in [0.3, 0.4) is 0 Å². The number of anilines is 1. The molecule has 0 aromatic heterocycles. The molecule has 2 N–H and O–H groups in total. The van der Waals surface area contributed by atoms with Gasteiger partial charge in [0.05, 0.1) is 0 Å². The molecule has 1 aliphatic rings. The van der Waals surface area contributed by atoms with E-state index in [4.69, 9.17) is 0 Å². The van der Waals surface area contributed by atoms with Crippen LogP contribution >= 0.6 is 0 Å². The van der Waals surface area contributed by atoms with Gasteiger partial charge >= 0.3 is 0 Å². The molecule has 2 nitrogen and oxygen atoms in total. The molecule has 1 aliphatic heterocycles. The van der Waals surface area contributed by atoms with Gasteiger partial charge in [0.1, 0.15) is 0 Å². The first-order chi connectivity index (χ1) is 7.35. The van der Waals surface area contributed by atoms with Crippen molar-refractivity contribution in [2.75, 3.05) is 18.9 Å². The predicted molar refractivity (Wildman–Crippen MR) is 65.5 cm³/mol. The summed E-state index contributed by atoms with van der Waals surface area (Å²) in [5.74, 6) is 0. The topological polar surface area (TPSA) is 24.1 Å². The van der Waals surface area contributed by atoms with Gasteiger partial charge in [-0.15, -0.1) is 0 Å². The zero-order chi connectivity index (χ0) is 10.7. The average molecular weight is 204 g/mol. The minimum atomic E-state index is 0.593. The van der Waals surface area contributed by atoms with E-state index >= 15 is 0 Å². The summed E-state index contributed by atoms with van der Waals surface area (Å²) in [6.07, 6.45) is 3.56. The van der Waals surface area contributed by atoms with E-state index in [1.54, 1.807) is 0 Å². The molecule has 0 saturated carbocycles. The number of para-hydroxylation sites is 1. The maximum Gasteiger partial charge on any atom is 0.0407 e. The number of hydrogen-bond donors (Lipinski definition) is 2. The molecule has 1 unspecified atom stereocenters. The van der Waals surface area contributed by atoms with E-state index in [1.807, 2.05) is 7.05 Å². The van der Waals surface area contributed by atoms with Crippen molar-refractivity contribution in [3.63, 3.8) is 0 Å². The fourth-order valence-corrected chi connectivity index (χ4v) is 2.35. The summed E-state index contributed by atoms with van der Waals surface area (Å²) in [7, 11) is 2.02. The largest absolute Gasteiger partial charge is 0.381 e. The summed E-state index contributed by atoms with van der Waals surface area (Å²) in [6, 6.07) is 7.25. The second-order valence-electron chi connectivity index (χ2n) is 4.24. The van der Waals surface area contributed by atoms with Crippen molar-refractivity contribution < 1.29 is 0 Å². The molecule has 2 heteroatoms. The highest BCUT2D eigenvalue weighted by Crippen LogP contribution is 2.28. The van der Waals surface area contributed by atoms with Crippen molar-refractivity contribution >= 4 is 5.69 Å². The van der Waals surface area contributed by atoms with Crippen LogP contribution in [-0.4, -0.2) is 19.6 Å². The average Bonchev–Trinajstić information content (AvgIpc) is 2.28. The molecular formula is C13H20N2. The molecule has 1 heterocycles. The molecule has 0 fully saturated rings. The fraction of sp³-hybridized carbons (Fsp3) is 0.538. The summed E-state index contributed by atoms with van der Waals surface area (Å²) in [6.45, 7) is 3.27. The first-order valence-electron chi connectivity index (χ1n) is 5.87. The van der Waals surface area contributed by atoms with Crippen LogP contribution in [0, 0.1) is 0 Å². The highest BCUT2D eigenvalue weighted by atomic mass is 15.0. The van der Waals surface area contributed by atoms with E-state index in [9.17, 15) is 0 Å². The van der Waals surface area contributed by atoms with Crippen molar-refractivity contribution in [1.82, 2.24) is 5.32 Å². The first-order valence-corrected chi connectivity index (χ1v) is 5.87. The van der Waals surface area contributed by atoms with E-state index in [0.717, 1.165) is 13.0 Å². The van der Waals surface area contributed by atoms with Crippen molar-refractivity contribution in [3.05, 3.63) is 29.3 Å². The highest BCUT2D eigenvalue weighted by Gasteiger charge is 2.18. The predicted octanol–water partition coefficient (Wildman–Crippen LogP) is 2.20. The van der Waals surface area contributed by atoms with E-state index in [1.165, 1.54) is 29.7 Å². The number of likely N-dealkylation sites (N-methyl/N-ethyl adjacent to an activating group) is 1. The first kappa shape index (κ1) is 10.5. The van der Waals surface area contributed by atoms with E-state index in [2.05, 4.69) is 35.8 Å². The number of hydrogen-bond acceptors (Lipinski definition) is 2. The zero-order valence-electron chi connectivity index (χ0n) is 9.64. The van der Waals surface area contributed by atoms with Gasteiger partial charge in [-0.2, -0.15) is 0 Å². The lowest BCUT2D eigenvalue weighted by molar-refractivity contribution is 0.591. The minimum Gasteiger partial charge on any atom is -0.381 e. The zero-order valence-corrected chi connectivity index (χ0v) is 9.64. The normalized spacial score (nSPS) is 19.5. The van der Waals surface area contributed by atoms with Crippen LogP contribution in [-0.2, 0) is 12.8 Å². The van der Waals surface area contributed by atoms with Gasteiger partial charge in [0.25, 0.3) is 0 Å². The standard InChI is InChI=1S/C13H20N2/c1-3-10-5-4-6-11-7-8-12(9-14-2)15-13(10)11/h4-6,12,14-15H,3,7-9H2,1-2H3.